The van der Waals surface area contributed by atoms with Gasteiger partial charge < -0.3 is 0 Å². The molecular formula is C7H13NS. The minimum Gasteiger partial charge on any atom is -0.265 e. The van der Waals surface area contributed by atoms with E-state index in [4.69, 9.17) is 0 Å². The maximum Gasteiger partial charge on any atom is 0.0330 e. The second-order valence-electron chi connectivity index (χ2n) is 1.74. The molecule has 0 aromatic carbocycles. The Balaban J connectivity index is 3.55. The van der Waals surface area contributed by atoms with Crippen molar-refractivity contribution in [1.29, 1.82) is 0 Å². The lowest BCUT2D eigenvalue weighted by molar-refractivity contribution is 1.25. The van der Waals surface area contributed by atoms with Crippen LogP contribution in [0.25, 0.3) is 0 Å². The molecule has 0 saturated heterocycles. The minimum absolute atomic E-state index is 1.04. The summed E-state index contributed by atoms with van der Waals surface area (Å²) in [6.07, 6.45) is 4.90. The zero-order chi connectivity index (χ0) is 7.11. The fourth-order valence-electron chi connectivity index (χ4n) is 0.310. The fourth-order valence-corrected chi connectivity index (χ4v) is 0.492. The highest BCUT2D eigenvalue weighted by Crippen LogP contribution is 1.94. The van der Waals surface area contributed by atoms with Gasteiger partial charge in [0, 0.05) is 11.9 Å². The molecule has 0 fully saturated rings. The largest absolute Gasteiger partial charge is 0.265 e. The molecule has 0 aliphatic rings. The van der Waals surface area contributed by atoms with Gasteiger partial charge in [-0.05, 0) is 25.0 Å². The lowest BCUT2D eigenvalue weighted by Crippen LogP contribution is -1.83. The van der Waals surface area contributed by atoms with Gasteiger partial charge in [0.2, 0.25) is 0 Å². The number of aliphatic imine (C=N–C) groups is 1. The van der Waals surface area contributed by atoms with E-state index in [9.17, 15) is 0 Å². The van der Waals surface area contributed by atoms with Gasteiger partial charge in [-0.15, -0.1) is 11.8 Å². The number of nitrogens with zero attached hydrogens (tertiary/aromatic N) is 1. The van der Waals surface area contributed by atoms with Crippen molar-refractivity contribution in [2.75, 3.05) is 6.26 Å². The predicted octanol–water partition coefficient (Wildman–Crippen LogP) is 2.69. The molecule has 0 N–H and O–H groups in total. The summed E-state index contributed by atoms with van der Waals surface area (Å²) >= 11 is 1.67. The molecule has 0 radical (unpaired) electrons. The Hall–Kier alpha value is -0.240. The van der Waals surface area contributed by atoms with Gasteiger partial charge in [0.05, 0.1) is 0 Å². The first-order valence-electron chi connectivity index (χ1n) is 3.02. The molecule has 52 valence electrons. The molecule has 0 rings (SSSR count). The second kappa shape index (κ2) is 5.89. The van der Waals surface area contributed by atoms with Gasteiger partial charge in [-0.2, -0.15) is 0 Å². The van der Waals surface area contributed by atoms with Gasteiger partial charge in [0.1, 0.15) is 0 Å². The van der Waals surface area contributed by atoms with Gasteiger partial charge in [-0.1, -0.05) is 6.92 Å². The van der Waals surface area contributed by atoms with Crippen LogP contribution in [-0.2, 0) is 0 Å². The van der Waals surface area contributed by atoms with Gasteiger partial charge in [0.15, 0.2) is 0 Å². The van der Waals surface area contributed by atoms with E-state index in [0.29, 0.717) is 0 Å². The van der Waals surface area contributed by atoms with Crippen LogP contribution in [-0.4, -0.2) is 12.0 Å². The average Bonchev–Trinajstić information content (AvgIpc) is 1.89. The lowest BCUT2D eigenvalue weighted by atomic mass is 10.3. The van der Waals surface area contributed by atoms with Crippen LogP contribution in [0.3, 0.4) is 0 Å². The van der Waals surface area contributed by atoms with E-state index in [0.717, 1.165) is 6.42 Å². The second-order valence-corrected chi connectivity index (χ2v) is 2.48. The van der Waals surface area contributed by atoms with Gasteiger partial charge in [0.25, 0.3) is 0 Å². The molecule has 1 nitrogen and oxygen atoms in total. The van der Waals surface area contributed by atoms with E-state index in [-0.39, 0.29) is 0 Å². The molecule has 0 aliphatic heterocycles. The smallest absolute Gasteiger partial charge is 0.0330 e. The standard InChI is InChI=1S/C7H13NS/c1-4-7(2)8-5-6-9-3/h5-6H,4H2,1-3H3/b6-5-,8-7?. The highest BCUT2D eigenvalue weighted by molar-refractivity contribution is 8.01. The molecule has 0 bridgehead atoms. The van der Waals surface area contributed by atoms with Gasteiger partial charge >= 0.3 is 0 Å². The zero-order valence-electron chi connectivity index (χ0n) is 6.22. The first-order chi connectivity index (χ1) is 4.31. The first-order valence-corrected chi connectivity index (χ1v) is 4.31. The summed E-state index contributed by atoms with van der Waals surface area (Å²) in [5, 5.41) is 1.97. The molecule has 9 heavy (non-hydrogen) atoms. The van der Waals surface area contributed by atoms with E-state index >= 15 is 0 Å². The Morgan fingerprint density at radius 2 is 2.33 bits per heavy atom. The summed E-state index contributed by atoms with van der Waals surface area (Å²) in [5.74, 6) is 0. The third-order valence-electron chi connectivity index (χ3n) is 1.00. The Morgan fingerprint density at radius 1 is 1.67 bits per heavy atom. The average molecular weight is 143 g/mol. The van der Waals surface area contributed by atoms with Crippen molar-refractivity contribution in [2.24, 2.45) is 4.99 Å². The molecular weight excluding hydrogens is 130 g/mol. The number of rotatable bonds is 3. The van der Waals surface area contributed by atoms with Crippen LogP contribution in [0.4, 0.5) is 0 Å². The molecule has 0 spiro atoms. The molecule has 0 saturated carbocycles. The fraction of sp³-hybridized carbons (Fsp3) is 0.571. The highest BCUT2D eigenvalue weighted by atomic mass is 32.2. The van der Waals surface area contributed by atoms with E-state index in [1.54, 1.807) is 11.8 Å². The lowest BCUT2D eigenvalue weighted by Gasteiger charge is -1.86. The maximum atomic E-state index is 4.15. The van der Waals surface area contributed by atoms with Crippen molar-refractivity contribution < 1.29 is 0 Å². The summed E-state index contributed by atoms with van der Waals surface area (Å²) in [5.41, 5.74) is 1.18. The van der Waals surface area contributed by atoms with E-state index < -0.39 is 0 Å². The summed E-state index contributed by atoms with van der Waals surface area (Å²) in [7, 11) is 0. The summed E-state index contributed by atoms with van der Waals surface area (Å²) in [6, 6.07) is 0. The molecule has 0 unspecified atom stereocenters. The van der Waals surface area contributed by atoms with Crippen LogP contribution in [0.2, 0.25) is 0 Å². The predicted molar refractivity (Wildman–Crippen MR) is 46.1 cm³/mol. The van der Waals surface area contributed by atoms with Crippen LogP contribution < -0.4 is 0 Å². The SMILES string of the molecule is CCC(C)=N/C=C\SC. The van der Waals surface area contributed by atoms with Crippen molar-refractivity contribution in [3.05, 3.63) is 11.6 Å². The topological polar surface area (TPSA) is 12.4 Å². The number of hydrogen-bond acceptors (Lipinski definition) is 2. The third kappa shape index (κ3) is 5.63. The summed E-state index contributed by atoms with van der Waals surface area (Å²) in [4.78, 5) is 4.15. The van der Waals surface area contributed by atoms with Crippen LogP contribution >= 0.6 is 11.8 Å². The minimum atomic E-state index is 1.04. The van der Waals surface area contributed by atoms with Crippen molar-refractivity contribution in [2.45, 2.75) is 20.3 Å². The maximum absolute atomic E-state index is 4.15. The van der Waals surface area contributed by atoms with Gasteiger partial charge in [-0.25, -0.2) is 0 Å². The molecule has 2 heteroatoms. The first kappa shape index (κ1) is 8.76. The van der Waals surface area contributed by atoms with Crippen molar-refractivity contribution in [1.82, 2.24) is 0 Å². The van der Waals surface area contributed by atoms with Crippen LogP contribution in [0, 0.1) is 0 Å². The van der Waals surface area contributed by atoms with E-state index in [1.807, 2.05) is 24.8 Å². The molecule has 0 aromatic heterocycles. The monoisotopic (exact) mass is 143 g/mol. The van der Waals surface area contributed by atoms with Crippen LogP contribution in [0.5, 0.6) is 0 Å². The zero-order valence-corrected chi connectivity index (χ0v) is 7.03. The molecule has 0 aromatic rings. The van der Waals surface area contributed by atoms with Crippen molar-refractivity contribution >= 4 is 17.5 Å². The molecule has 0 aliphatic carbocycles. The molecule has 0 heterocycles. The Bertz CT molecular complexity index is 116. The van der Waals surface area contributed by atoms with Crippen molar-refractivity contribution in [3.8, 4) is 0 Å². The highest BCUT2D eigenvalue weighted by Gasteiger charge is 1.78. The quantitative estimate of drug-likeness (QED) is 0.553. The Kier molecular flexibility index (Phi) is 5.73. The third-order valence-corrected chi connectivity index (χ3v) is 1.40. The molecule has 0 amide bonds. The van der Waals surface area contributed by atoms with Crippen molar-refractivity contribution in [3.63, 3.8) is 0 Å². The van der Waals surface area contributed by atoms with Crippen LogP contribution in [0.1, 0.15) is 20.3 Å². The number of hydrogen-bond donors (Lipinski definition) is 0. The molecule has 0 atom stereocenters. The van der Waals surface area contributed by atoms with E-state index in [1.165, 1.54) is 5.71 Å². The summed E-state index contributed by atoms with van der Waals surface area (Å²) in [6.45, 7) is 4.14. The summed E-state index contributed by atoms with van der Waals surface area (Å²) < 4.78 is 0. The van der Waals surface area contributed by atoms with E-state index in [2.05, 4.69) is 11.9 Å². The number of thioether (sulfide) groups is 1. The van der Waals surface area contributed by atoms with Crippen LogP contribution in [0.15, 0.2) is 16.6 Å². The Labute approximate surface area is 61.3 Å². The normalized spacial score (nSPS) is 13.0. The van der Waals surface area contributed by atoms with Gasteiger partial charge in [-0.3, -0.25) is 4.99 Å². The Morgan fingerprint density at radius 3 is 2.78 bits per heavy atom.